The zero-order valence-corrected chi connectivity index (χ0v) is 19.6. The van der Waals surface area contributed by atoms with Crippen molar-refractivity contribution in [1.82, 2.24) is 24.3 Å². The molecule has 178 valence electrons. The molecule has 10 nitrogen and oxygen atoms in total. The van der Waals surface area contributed by atoms with E-state index in [4.69, 9.17) is 9.26 Å². The number of ether oxygens (including phenoxy) is 1. The van der Waals surface area contributed by atoms with Crippen molar-refractivity contribution in [2.24, 2.45) is 7.05 Å². The molecule has 0 fully saturated rings. The van der Waals surface area contributed by atoms with E-state index in [-0.39, 0.29) is 11.7 Å². The summed E-state index contributed by atoms with van der Waals surface area (Å²) in [6.45, 7) is 4.96. The van der Waals surface area contributed by atoms with Crippen LogP contribution in [-0.2, 0) is 11.8 Å². The van der Waals surface area contributed by atoms with E-state index in [1.807, 2.05) is 31.2 Å². The number of imidazole rings is 1. The summed E-state index contributed by atoms with van der Waals surface area (Å²) < 4.78 is 14.3. The summed E-state index contributed by atoms with van der Waals surface area (Å²) in [5.41, 5.74) is 4.40. The third-order valence-electron chi connectivity index (χ3n) is 6.17. The second kappa shape index (κ2) is 8.39. The summed E-state index contributed by atoms with van der Waals surface area (Å²) >= 11 is 0. The molecule has 0 bridgehead atoms. The Labute approximate surface area is 199 Å². The fourth-order valence-electron chi connectivity index (χ4n) is 4.49. The van der Waals surface area contributed by atoms with Crippen LogP contribution < -0.4 is 10.4 Å². The Kier molecular flexibility index (Phi) is 5.35. The number of aromatic nitrogens is 5. The Morgan fingerprint density at radius 3 is 2.69 bits per heavy atom. The molecule has 0 aliphatic rings. The van der Waals surface area contributed by atoms with Gasteiger partial charge in [0, 0.05) is 24.2 Å². The van der Waals surface area contributed by atoms with Crippen LogP contribution in [-0.4, -0.2) is 41.9 Å². The zero-order chi connectivity index (χ0) is 24.9. The Balaban J connectivity index is 1.84. The summed E-state index contributed by atoms with van der Waals surface area (Å²) in [6, 6.07) is 8.76. The first kappa shape index (κ1) is 22.3. The normalized spacial score (nSPS) is 12.3. The number of carboxylic acid groups (broad SMARTS) is 1. The standard InChI is InChI=1S/C25H23N5O5/c1-13-23(15(3)35-28-13)17-9-19-16(10-21(17)34-12-22(31)32)24-20(11-27-19)29(4)25(33)30(24)14(2)18-7-5-6-8-26-18/h5-11,14H,12H2,1-4H3,(H,31,32)/t14-/m1/s1. The van der Waals surface area contributed by atoms with Crippen molar-refractivity contribution in [3.05, 3.63) is 70.4 Å². The van der Waals surface area contributed by atoms with Crippen LogP contribution in [0.25, 0.3) is 33.1 Å². The van der Waals surface area contributed by atoms with Gasteiger partial charge in [-0.1, -0.05) is 11.2 Å². The third kappa shape index (κ3) is 3.63. The van der Waals surface area contributed by atoms with E-state index in [1.165, 1.54) is 0 Å². The maximum Gasteiger partial charge on any atom is 0.341 e. The van der Waals surface area contributed by atoms with Crippen LogP contribution in [0.4, 0.5) is 0 Å². The number of rotatable bonds is 6. The van der Waals surface area contributed by atoms with E-state index >= 15 is 0 Å². The predicted molar refractivity (Wildman–Crippen MR) is 129 cm³/mol. The smallest absolute Gasteiger partial charge is 0.341 e. The van der Waals surface area contributed by atoms with E-state index < -0.39 is 12.6 Å². The second-order valence-electron chi connectivity index (χ2n) is 8.38. The molecular formula is C25H23N5O5. The summed E-state index contributed by atoms with van der Waals surface area (Å²) in [4.78, 5) is 33.7. The molecule has 0 saturated carbocycles. The molecule has 5 rings (SSSR count). The van der Waals surface area contributed by atoms with Crippen LogP contribution >= 0.6 is 0 Å². The molecule has 4 aromatic heterocycles. The first-order valence-corrected chi connectivity index (χ1v) is 11.0. The van der Waals surface area contributed by atoms with Crippen molar-refractivity contribution < 1.29 is 19.2 Å². The Hall–Kier alpha value is -4.47. The van der Waals surface area contributed by atoms with E-state index in [9.17, 15) is 14.7 Å². The minimum Gasteiger partial charge on any atom is -0.481 e. The molecular weight excluding hydrogens is 450 g/mol. The lowest BCUT2D eigenvalue weighted by Crippen LogP contribution is -2.25. The molecule has 0 radical (unpaired) electrons. The Morgan fingerprint density at radius 1 is 1.23 bits per heavy atom. The molecule has 10 heteroatoms. The SMILES string of the molecule is Cc1noc(C)c1-c1cc2ncc3c(c2cc1OCC(=O)O)n([C@H](C)c1ccccn1)c(=O)n3C. The quantitative estimate of drug-likeness (QED) is 0.396. The zero-order valence-electron chi connectivity index (χ0n) is 19.6. The molecule has 0 unspecified atom stereocenters. The van der Waals surface area contributed by atoms with Crippen LogP contribution in [0, 0.1) is 13.8 Å². The first-order valence-electron chi connectivity index (χ1n) is 11.0. The lowest BCUT2D eigenvalue weighted by molar-refractivity contribution is -0.139. The van der Waals surface area contributed by atoms with Crippen molar-refractivity contribution in [3.63, 3.8) is 0 Å². The summed E-state index contributed by atoms with van der Waals surface area (Å²) in [7, 11) is 1.69. The van der Waals surface area contributed by atoms with E-state index in [2.05, 4.69) is 15.1 Å². The number of fused-ring (bicyclic) bond motifs is 3. The second-order valence-corrected chi connectivity index (χ2v) is 8.38. The fourth-order valence-corrected chi connectivity index (χ4v) is 4.49. The lowest BCUT2D eigenvalue weighted by atomic mass is 10.00. The molecule has 5 aromatic rings. The van der Waals surface area contributed by atoms with Crippen LogP contribution in [0.3, 0.4) is 0 Å². The van der Waals surface area contributed by atoms with E-state index in [1.54, 1.807) is 48.5 Å². The van der Waals surface area contributed by atoms with Gasteiger partial charge in [-0.3, -0.25) is 19.1 Å². The number of hydrogen-bond acceptors (Lipinski definition) is 7. The molecule has 1 atom stereocenters. The molecule has 0 aliphatic heterocycles. The summed E-state index contributed by atoms with van der Waals surface area (Å²) in [6.07, 6.45) is 3.35. The highest BCUT2D eigenvalue weighted by molar-refractivity contribution is 6.05. The van der Waals surface area contributed by atoms with Gasteiger partial charge in [0.25, 0.3) is 0 Å². The molecule has 0 spiro atoms. The number of nitrogens with zero attached hydrogens (tertiary/aromatic N) is 5. The molecule has 1 aromatic carbocycles. The highest BCUT2D eigenvalue weighted by Gasteiger charge is 2.24. The highest BCUT2D eigenvalue weighted by Crippen LogP contribution is 2.39. The average Bonchev–Trinajstić information content (AvgIpc) is 3.32. The van der Waals surface area contributed by atoms with E-state index in [0.29, 0.717) is 50.3 Å². The average molecular weight is 473 g/mol. The van der Waals surface area contributed by atoms with Crippen molar-refractivity contribution >= 4 is 27.9 Å². The molecule has 0 saturated heterocycles. The van der Waals surface area contributed by atoms with Crippen LogP contribution in [0.15, 0.2) is 52.0 Å². The minimum absolute atomic E-state index is 0.213. The number of carbonyl (C=O) groups is 1. The number of carboxylic acids is 1. The largest absolute Gasteiger partial charge is 0.481 e. The Morgan fingerprint density at radius 2 is 2.03 bits per heavy atom. The van der Waals surface area contributed by atoms with Gasteiger partial charge in [-0.25, -0.2) is 9.59 Å². The monoisotopic (exact) mass is 473 g/mol. The van der Waals surface area contributed by atoms with Gasteiger partial charge >= 0.3 is 11.7 Å². The van der Waals surface area contributed by atoms with Crippen molar-refractivity contribution in [2.45, 2.75) is 26.8 Å². The number of hydrogen-bond donors (Lipinski definition) is 1. The maximum absolute atomic E-state index is 13.3. The molecule has 0 amide bonds. The van der Waals surface area contributed by atoms with Gasteiger partial charge in [-0.05, 0) is 45.0 Å². The van der Waals surface area contributed by atoms with Gasteiger partial charge in [0.1, 0.15) is 11.5 Å². The molecule has 35 heavy (non-hydrogen) atoms. The first-order chi connectivity index (χ1) is 16.8. The van der Waals surface area contributed by atoms with Crippen molar-refractivity contribution in [3.8, 4) is 16.9 Å². The van der Waals surface area contributed by atoms with Gasteiger partial charge in [0.05, 0.1) is 45.7 Å². The van der Waals surface area contributed by atoms with Crippen molar-refractivity contribution in [1.29, 1.82) is 0 Å². The highest BCUT2D eigenvalue weighted by atomic mass is 16.5. The third-order valence-corrected chi connectivity index (χ3v) is 6.17. The summed E-state index contributed by atoms with van der Waals surface area (Å²) in [5.74, 6) is -0.202. The fraction of sp³-hybridized carbons (Fsp3) is 0.240. The molecule has 1 N–H and O–H groups in total. The van der Waals surface area contributed by atoms with Gasteiger partial charge in [-0.2, -0.15) is 0 Å². The molecule has 0 aliphatic carbocycles. The van der Waals surface area contributed by atoms with E-state index in [0.717, 1.165) is 5.69 Å². The number of benzene rings is 1. The van der Waals surface area contributed by atoms with Crippen molar-refractivity contribution in [2.75, 3.05) is 6.61 Å². The van der Waals surface area contributed by atoms with Crippen LogP contribution in [0.5, 0.6) is 5.75 Å². The number of pyridine rings is 2. The Bertz CT molecular complexity index is 1630. The predicted octanol–water partition coefficient (Wildman–Crippen LogP) is 3.63. The number of aryl methyl sites for hydroxylation is 3. The topological polar surface area (TPSA) is 125 Å². The lowest BCUT2D eigenvalue weighted by Gasteiger charge is -2.16. The van der Waals surface area contributed by atoms with Gasteiger partial charge < -0.3 is 14.4 Å². The maximum atomic E-state index is 13.3. The summed E-state index contributed by atoms with van der Waals surface area (Å²) in [5, 5.41) is 13.9. The number of aliphatic carboxylic acids is 1. The van der Waals surface area contributed by atoms with Gasteiger partial charge in [0.2, 0.25) is 0 Å². The van der Waals surface area contributed by atoms with Crippen LogP contribution in [0.1, 0.15) is 30.1 Å². The van der Waals surface area contributed by atoms with Crippen LogP contribution in [0.2, 0.25) is 0 Å². The van der Waals surface area contributed by atoms with Gasteiger partial charge in [-0.15, -0.1) is 0 Å². The minimum atomic E-state index is -1.11. The van der Waals surface area contributed by atoms with Gasteiger partial charge in [0.15, 0.2) is 6.61 Å². The molecule has 4 heterocycles.